The van der Waals surface area contributed by atoms with Gasteiger partial charge in [-0.05, 0) is 78.4 Å². The van der Waals surface area contributed by atoms with Crippen LogP contribution in [0.25, 0.3) is 27.7 Å². The molecule has 5 nitrogen and oxygen atoms in total. The van der Waals surface area contributed by atoms with Crippen molar-refractivity contribution in [2.45, 2.75) is 25.8 Å². The summed E-state index contributed by atoms with van der Waals surface area (Å²) in [4.78, 5) is 20.5. The lowest BCUT2D eigenvalue weighted by atomic mass is 9.87. The lowest BCUT2D eigenvalue weighted by molar-refractivity contribution is -0.125. The average Bonchev–Trinajstić information content (AvgIpc) is 3.32. The van der Waals surface area contributed by atoms with E-state index in [9.17, 15) is 13.6 Å². The third kappa shape index (κ3) is 4.80. The number of ether oxygens (including phenoxy) is 1. The van der Waals surface area contributed by atoms with E-state index in [2.05, 4.69) is 21.4 Å². The van der Waals surface area contributed by atoms with E-state index >= 15 is 0 Å². The number of allylic oxidation sites excluding steroid dienone is 2. The molecule has 0 saturated heterocycles. The fourth-order valence-electron chi connectivity index (χ4n) is 4.62. The number of methoxy groups -OCH3 is 1. The van der Waals surface area contributed by atoms with Gasteiger partial charge in [0.25, 0.3) is 0 Å². The molecule has 5 rings (SSSR count). The standard InChI is InChI=1S/C28H25F2N3O2/c1-35-26-10-9-21(30)14-23(26)22-11-12-31-27-24(22)15-25(33-27)18-5-7-19(8-6-18)28(34)32-16-17-3-2-4-20(29)13-17/h2-5,9-15,19H,6-8,16H2,1H3,(H,31,33)(H,32,34). The minimum Gasteiger partial charge on any atom is -0.496 e. The zero-order chi connectivity index (χ0) is 24.4. The third-order valence-corrected chi connectivity index (χ3v) is 6.47. The van der Waals surface area contributed by atoms with E-state index in [0.717, 1.165) is 34.2 Å². The van der Waals surface area contributed by atoms with E-state index in [-0.39, 0.29) is 23.5 Å². The Morgan fingerprint density at radius 3 is 2.74 bits per heavy atom. The van der Waals surface area contributed by atoms with Crippen molar-refractivity contribution in [1.82, 2.24) is 15.3 Å². The number of nitrogens with one attached hydrogen (secondary N) is 2. The quantitative estimate of drug-likeness (QED) is 0.360. The van der Waals surface area contributed by atoms with Crippen LogP contribution in [0, 0.1) is 17.6 Å². The van der Waals surface area contributed by atoms with Gasteiger partial charge in [0, 0.05) is 35.3 Å². The number of carbonyl (C=O) groups is 1. The van der Waals surface area contributed by atoms with Gasteiger partial charge >= 0.3 is 0 Å². The van der Waals surface area contributed by atoms with Gasteiger partial charge in [0.15, 0.2) is 0 Å². The summed E-state index contributed by atoms with van der Waals surface area (Å²) in [6.45, 7) is 0.309. The van der Waals surface area contributed by atoms with Crippen LogP contribution in [0.5, 0.6) is 5.75 Å². The molecular formula is C28H25F2N3O2. The van der Waals surface area contributed by atoms with Crippen molar-refractivity contribution in [2.75, 3.05) is 7.11 Å². The number of rotatable bonds is 6. The number of hydrogen-bond acceptors (Lipinski definition) is 3. The predicted molar refractivity (Wildman–Crippen MR) is 132 cm³/mol. The fourth-order valence-corrected chi connectivity index (χ4v) is 4.62. The van der Waals surface area contributed by atoms with Crippen LogP contribution in [0.4, 0.5) is 8.78 Å². The Kier molecular flexibility index (Phi) is 6.31. The van der Waals surface area contributed by atoms with Gasteiger partial charge in [-0.1, -0.05) is 18.2 Å². The van der Waals surface area contributed by atoms with Gasteiger partial charge in [0.2, 0.25) is 5.91 Å². The zero-order valence-electron chi connectivity index (χ0n) is 19.3. The molecule has 0 aliphatic heterocycles. The number of pyridine rings is 1. The number of H-pyrrole nitrogens is 1. The number of hydrogen-bond donors (Lipinski definition) is 2. The number of aromatic nitrogens is 2. The maximum atomic E-state index is 14.0. The SMILES string of the molecule is COc1ccc(F)cc1-c1ccnc2[nH]c(C3=CCC(C(=O)NCc4cccc(F)c4)CC3)cc12. The monoisotopic (exact) mass is 473 g/mol. The number of fused-ring (bicyclic) bond motifs is 1. The molecule has 1 aliphatic rings. The number of aromatic amines is 1. The molecule has 2 N–H and O–H groups in total. The summed E-state index contributed by atoms with van der Waals surface area (Å²) in [5, 5.41) is 3.79. The second-order valence-electron chi connectivity index (χ2n) is 8.70. The number of benzene rings is 2. The van der Waals surface area contributed by atoms with Crippen molar-refractivity contribution in [3.63, 3.8) is 0 Å². The fraction of sp³-hybridized carbons (Fsp3) is 0.214. The highest BCUT2D eigenvalue weighted by Gasteiger charge is 2.23. The maximum absolute atomic E-state index is 14.0. The third-order valence-electron chi connectivity index (χ3n) is 6.47. The van der Waals surface area contributed by atoms with Gasteiger partial charge in [-0.2, -0.15) is 0 Å². The Bertz CT molecular complexity index is 1430. The highest BCUT2D eigenvalue weighted by atomic mass is 19.1. The number of amides is 1. The molecule has 35 heavy (non-hydrogen) atoms. The van der Waals surface area contributed by atoms with E-state index in [4.69, 9.17) is 4.74 Å². The summed E-state index contributed by atoms with van der Waals surface area (Å²) < 4.78 is 32.8. The molecule has 1 atom stereocenters. The molecule has 0 bridgehead atoms. The molecule has 7 heteroatoms. The summed E-state index contributed by atoms with van der Waals surface area (Å²) in [7, 11) is 1.56. The van der Waals surface area contributed by atoms with Gasteiger partial charge in [0.05, 0.1) is 7.11 Å². The van der Waals surface area contributed by atoms with Crippen LogP contribution >= 0.6 is 0 Å². The molecular weight excluding hydrogens is 448 g/mol. The summed E-state index contributed by atoms with van der Waals surface area (Å²) in [6, 6.07) is 14.6. The molecule has 4 aromatic rings. The normalized spacial score (nSPS) is 15.6. The Labute approximate surface area is 201 Å². The molecule has 0 spiro atoms. The van der Waals surface area contributed by atoms with Crippen LogP contribution in [-0.4, -0.2) is 23.0 Å². The van der Waals surface area contributed by atoms with Crippen molar-refractivity contribution in [2.24, 2.45) is 5.92 Å². The Hall–Kier alpha value is -4.00. The largest absolute Gasteiger partial charge is 0.496 e. The highest BCUT2D eigenvalue weighted by molar-refractivity contribution is 5.96. The van der Waals surface area contributed by atoms with Crippen LogP contribution in [0.3, 0.4) is 0 Å². The Morgan fingerprint density at radius 1 is 1.11 bits per heavy atom. The molecule has 1 unspecified atom stereocenters. The zero-order valence-corrected chi connectivity index (χ0v) is 19.3. The van der Waals surface area contributed by atoms with Crippen molar-refractivity contribution >= 4 is 22.5 Å². The van der Waals surface area contributed by atoms with Gasteiger partial charge in [-0.25, -0.2) is 13.8 Å². The van der Waals surface area contributed by atoms with E-state index in [0.29, 0.717) is 36.3 Å². The van der Waals surface area contributed by atoms with Crippen molar-refractivity contribution in [1.29, 1.82) is 0 Å². The molecule has 0 saturated carbocycles. The number of halogens is 2. The second kappa shape index (κ2) is 9.70. The Balaban J connectivity index is 1.33. The van der Waals surface area contributed by atoms with Gasteiger partial charge < -0.3 is 15.0 Å². The molecule has 0 radical (unpaired) electrons. The van der Waals surface area contributed by atoms with E-state index in [1.807, 2.05) is 12.1 Å². The predicted octanol–water partition coefficient (Wildman–Crippen LogP) is 6.02. The van der Waals surface area contributed by atoms with Crippen molar-refractivity contribution in [3.8, 4) is 16.9 Å². The van der Waals surface area contributed by atoms with Crippen LogP contribution in [-0.2, 0) is 11.3 Å². The molecule has 2 aromatic carbocycles. The van der Waals surface area contributed by atoms with Crippen LogP contribution in [0.2, 0.25) is 0 Å². The minimum absolute atomic E-state index is 0.0247. The topological polar surface area (TPSA) is 67.0 Å². The lowest BCUT2D eigenvalue weighted by Gasteiger charge is -2.21. The second-order valence-corrected chi connectivity index (χ2v) is 8.70. The first-order valence-corrected chi connectivity index (χ1v) is 11.5. The highest BCUT2D eigenvalue weighted by Crippen LogP contribution is 2.37. The summed E-state index contributed by atoms with van der Waals surface area (Å²) >= 11 is 0. The molecule has 2 heterocycles. The van der Waals surface area contributed by atoms with E-state index < -0.39 is 0 Å². The first kappa shape index (κ1) is 22.8. The molecule has 0 fully saturated rings. The van der Waals surface area contributed by atoms with Gasteiger partial charge in [-0.15, -0.1) is 0 Å². The minimum atomic E-state index is -0.335. The first-order chi connectivity index (χ1) is 17.0. The van der Waals surface area contributed by atoms with E-state index in [1.165, 1.54) is 24.3 Å². The van der Waals surface area contributed by atoms with Crippen molar-refractivity contribution < 1.29 is 18.3 Å². The molecule has 2 aromatic heterocycles. The average molecular weight is 474 g/mol. The van der Waals surface area contributed by atoms with Crippen molar-refractivity contribution in [3.05, 3.63) is 89.8 Å². The van der Waals surface area contributed by atoms with Gasteiger partial charge in [-0.3, -0.25) is 4.79 Å². The maximum Gasteiger partial charge on any atom is 0.223 e. The van der Waals surface area contributed by atoms with Crippen LogP contribution < -0.4 is 10.1 Å². The Morgan fingerprint density at radius 2 is 1.97 bits per heavy atom. The number of carbonyl (C=O) groups excluding carboxylic acids is 1. The van der Waals surface area contributed by atoms with Crippen LogP contribution in [0.15, 0.2) is 66.9 Å². The summed E-state index contributed by atoms with van der Waals surface area (Å²) in [5.74, 6) is -0.206. The molecule has 1 aliphatic carbocycles. The lowest BCUT2D eigenvalue weighted by Crippen LogP contribution is -2.31. The first-order valence-electron chi connectivity index (χ1n) is 11.5. The summed E-state index contributed by atoms with van der Waals surface area (Å²) in [6.07, 6.45) is 5.86. The molecule has 178 valence electrons. The van der Waals surface area contributed by atoms with E-state index in [1.54, 1.807) is 31.5 Å². The smallest absolute Gasteiger partial charge is 0.223 e. The summed E-state index contributed by atoms with van der Waals surface area (Å²) in [5.41, 5.74) is 5.00. The number of nitrogens with zero attached hydrogens (tertiary/aromatic N) is 1. The molecule has 1 amide bonds. The van der Waals surface area contributed by atoms with Crippen LogP contribution in [0.1, 0.15) is 30.5 Å². The van der Waals surface area contributed by atoms with Gasteiger partial charge in [0.1, 0.15) is 23.0 Å².